The number of amides is 1. The quantitative estimate of drug-likeness (QED) is 0.783. The summed E-state index contributed by atoms with van der Waals surface area (Å²) >= 11 is 0. The predicted octanol–water partition coefficient (Wildman–Crippen LogP) is 0.849. The number of rotatable bonds is 5. The topological polar surface area (TPSA) is 45.5 Å². The number of aromatic nitrogens is 1. The summed E-state index contributed by atoms with van der Waals surface area (Å²) in [7, 11) is 0. The van der Waals surface area contributed by atoms with Crippen molar-refractivity contribution in [2.24, 2.45) is 0 Å². The first-order chi connectivity index (χ1) is 7.22. The van der Waals surface area contributed by atoms with Crippen LogP contribution in [0.15, 0.2) is 18.3 Å². The zero-order valence-electron chi connectivity index (χ0n) is 9.31. The Morgan fingerprint density at radius 2 is 2.13 bits per heavy atom. The third-order valence-corrected chi connectivity index (χ3v) is 2.51. The molecule has 0 aliphatic heterocycles. The van der Waals surface area contributed by atoms with E-state index in [1.807, 2.05) is 32.2 Å². The van der Waals surface area contributed by atoms with Gasteiger partial charge in [-0.1, -0.05) is 0 Å². The zero-order valence-corrected chi connectivity index (χ0v) is 9.31. The molecule has 0 aliphatic carbocycles. The molecule has 0 spiro atoms. The highest BCUT2D eigenvalue weighted by atomic mass is 16.3. The Labute approximate surface area is 90.1 Å². The van der Waals surface area contributed by atoms with Gasteiger partial charge in [-0.15, -0.1) is 0 Å². The van der Waals surface area contributed by atoms with Crippen LogP contribution in [0.4, 0.5) is 0 Å². The first-order valence-corrected chi connectivity index (χ1v) is 5.25. The molecule has 1 N–H and O–H groups in total. The first kappa shape index (κ1) is 11.8. The van der Waals surface area contributed by atoms with Crippen LogP contribution < -0.4 is 0 Å². The van der Waals surface area contributed by atoms with Crippen LogP contribution in [0.3, 0.4) is 0 Å². The Morgan fingerprint density at radius 1 is 1.47 bits per heavy atom. The second kappa shape index (κ2) is 5.56. The van der Waals surface area contributed by atoms with Crippen molar-refractivity contribution in [3.63, 3.8) is 0 Å². The van der Waals surface area contributed by atoms with Crippen molar-refractivity contribution in [1.29, 1.82) is 0 Å². The van der Waals surface area contributed by atoms with Gasteiger partial charge in [-0.3, -0.25) is 4.79 Å². The molecule has 0 atom stereocenters. The smallest absolute Gasteiger partial charge is 0.242 e. The molecule has 15 heavy (non-hydrogen) atoms. The third-order valence-electron chi connectivity index (χ3n) is 2.51. The average Bonchev–Trinajstić information content (AvgIpc) is 2.67. The molecule has 0 saturated carbocycles. The van der Waals surface area contributed by atoms with Crippen molar-refractivity contribution < 1.29 is 9.90 Å². The van der Waals surface area contributed by atoms with Crippen LogP contribution in [0, 0.1) is 0 Å². The Hall–Kier alpha value is -1.29. The number of carbonyl (C=O) groups is 1. The molecule has 0 aromatic carbocycles. The number of hydrogen-bond donors (Lipinski definition) is 1. The highest BCUT2D eigenvalue weighted by Crippen LogP contribution is 2.03. The molecular formula is C11H18N2O2. The summed E-state index contributed by atoms with van der Waals surface area (Å²) in [5.74, 6) is 0.0888. The van der Waals surface area contributed by atoms with Crippen molar-refractivity contribution in [3.8, 4) is 0 Å². The fourth-order valence-electron chi connectivity index (χ4n) is 1.57. The van der Waals surface area contributed by atoms with Gasteiger partial charge in [0.2, 0.25) is 5.91 Å². The summed E-state index contributed by atoms with van der Waals surface area (Å²) in [4.78, 5) is 13.5. The van der Waals surface area contributed by atoms with E-state index in [0.717, 1.165) is 18.8 Å². The Morgan fingerprint density at radius 3 is 2.67 bits per heavy atom. The van der Waals surface area contributed by atoms with Crippen LogP contribution >= 0.6 is 0 Å². The molecule has 1 rings (SSSR count). The van der Waals surface area contributed by atoms with Gasteiger partial charge in [0.1, 0.15) is 6.54 Å². The molecule has 4 heteroatoms. The van der Waals surface area contributed by atoms with Crippen LogP contribution in [0.2, 0.25) is 0 Å². The van der Waals surface area contributed by atoms with E-state index in [1.54, 1.807) is 9.47 Å². The number of hydrogen-bond acceptors (Lipinski definition) is 2. The molecule has 0 saturated heterocycles. The molecule has 4 nitrogen and oxygen atoms in total. The van der Waals surface area contributed by atoms with Crippen molar-refractivity contribution in [3.05, 3.63) is 24.0 Å². The van der Waals surface area contributed by atoms with E-state index in [-0.39, 0.29) is 12.5 Å². The highest BCUT2D eigenvalue weighted by molar-refractivity contribution is 5.76. The van der Waals surface area contributed by atoms with E-state index in [9.17, 15) is 4.79 Å². The number of likely N-dealkylation sites (N-methyl/N-ethyl adjacent to an activating group) is 1. The Balaban J connectivity index is 2.65. The fraction of sp³-hybridized carbons (Fsp3) is 0.545. The lowest BCUT2D eigenvalue weighted by atomic mass is 10.4. The molecule has 1 aromatic rings. The Bertz CT molecular complexity index is 316. The van der Waals surface area contributed by atoms with E-state index in [0.29, 0.717) is 6.54 Å². The van der Waals surface area contributed by atoms with Gasteiger partial charge in [0, 0.05) is 25.0 Å². The van der Waals surface area contributed by atoms with Crippen molar-refractivity contribution in [2.75, 3.05) is 13.1 Å². The molecule has 0 bridgehead atoms. The number of aliphatic hydroxyl groups excluding tert-OH is 1. The summed E-state index contributed by atoms with van der Waals surface area (Å²) in [5, 5.41) is 9.03. The Kier molecular flexibility index (Phi) is 4.37. The molecule has 0 aliphatic rings. The minimum atomic E-state index is -0.0292. The average molecular weight is 210 g/mol. The van der Waals surface area contributed by atoms with Crippen LogP contribution in [0.25, 0.3) is 0 Å². The van der Waals surface area contributed by atoms with Crippen LogP contribution in [-0.4, -0.2) is 33.6 Å². The van der Waals surface area contributed by atoms with E-state index in [4.69, 9.17) is 5.11 Å². The summed E-state index contributed by atoms with van der Waals surface area (Å²) in [6, 6.07) is 3.65. The van der Waals surface area contributed by atoms with Gasteiger partial charge >= 0.3 is 0 Å². The lowest BCUT2D eigenvalue weighted by molar-refractivity contribution is -0.131. The maximum absolute atomic E-state index is 11.8. The lowest BCUT2D eigenvalue weighted by Crippen LogP contribution is -2.33. The van der Waals surface area contributed by atoms with E-state index < -0.39 is 0 Å². The first-order valence-electron chi connectivity index (χ1n) is 5.25. The molecule has 0 unspecified atom stereocenters. The normalized spacial score (nSPS) is 10.3. The summed E-state index contributed by atoms with van der Waals surface area (Å²) < 4.78 is 1.78. The largest absolute Gasteiger partial charge is 0.390 e. The molecular weight excluding hydrogens is 192 g/mol. The highest BCUT2D eigenvalue weighted by Gasteiger charge is 2.11. The molecule has 1 amide bonds. The summed E-state index contributed by atoms with van der Waals surface area (Å²) in [6.45, 7) is 5.66. The van der Waals surface area contributed by atoms with Crippen molar-refractivity contribution in [2.45, 2.75) is 27.0 Å². The number of carbonyl (C=O) groups excluding carboxylic acids is 1. The maximum Gasteiger partial charge on any atom is 0.242 e. The van der Waals surface area contributed by atoms with Crippen molar-refractivity contribution >= 4 is 5.91 Å². The van der Waals surface area contributed by atoms with Gasteiger partial charge < -0.3 is 14.6 Å². The van der Waals surface area contributed by atoms with Gasteiger partial charge in [0.25, 0.3) is 0 Å². The maximum atomic E-state index is 11.8. The third kappa shape index (κ3) is 2.83. The van der Waals surface area contributed by atoms with Crippen LogP contribution in [0.1, 0.15) is 19.5 Å². The van der Waals surface area contributed by atoms with E-state index >= 15 is 0 Å². The minimum Gasteiger partial charge on any atom is -0.390 e. The van der Waals surface area contributed by atoms with Crippen molar-refractivity contribution in [1.82, 2.24) is 9.47 Å². The molecule has 84 valence electrons. The van der Waals surface area contributed by atoms with E-state index in [2.05, 4.69) is 0 Å². The second-order valence-corrected chi connectivity index (χ2v) is 3.35. The minimum absolute atomic E-state index is 0.0292. The van der Waals surface area contributed by atoms with Crippen LogP contribution in [0.5, 0.6) is 0 Å². The molecule has 0 fully saturated rings. The molecule has 1 aromatic heterocycles. The zero-order chi connectivity index (χ0) is 11.3. The second-order valence-electron chi connectivity index (χ2n) is 3.35. The monoisotopic (exact) mass is 210 g/mol. The van der Waals surface area contributed by atoms with Gasteiger partial charge in [0.15, 0.2) is 0 Å². The SMILES string of the molecule is CCN(CC)C(=O)Cn1cccc1CO. The van der Waals surface area contributed by atoms with Gasteiger partial charge in [-0.2, -0.15) is 0 Å². The van der Waals surface area contributed by atoms with Gasteiger partial charge in [-0.05, 0) is 26.0 Å². The lowest BCUT2D eigenvalue weighted by Gasteiger charge is -2.19. The van der Waals surface area contributed by atoms with E-state index in [1.165, 1.54) is 0 Å². The van der Waals surface area contributed by atoms with Crippen LogP contribution in [-0.2, 0) is 17.9 Å². The predicted molar refractivity (Wildman–Crippen MR) is 58.3 cm³/mol. The number of aliphatic hydroxyl groups is 1. The molecule has 1 heterocycles. The summed E-state index contributed by atoms with van der Waals surface area (Å²) in [6.07, 6.45) is 1.81. The van der Waals surface area contributed by atoms with Gasteiger partial charge in [-0.25, -0.2) is 0 Å². The summed E-state index contributed by atoms with van der Waals surface area (Å²) in [5.41, 5.74) is 0.774. The molecule has 0 radical (unpaired) electrons. The number of nitrogens with zero attached hydrogens (tertiary/aromatic N) is 2. The van der Waals surface area contributed by atoms with Gasteiger partial charge in [0.05, 0.1) is 6.61 Å². The standard InChI is InChI=1S/C11H18N2O2/c1-3-12(4-2)11(15)8-13-7-5-6-10(13)9-14/h5-7,14H,3-4,8-9H2,1-2H3. The fourth-order valence-corrected chi connectivity index (χ4v) is 1.57.